The van der Waals surface area contributed by atoms with Crippen LogP contribution in [-0.4, -0.2) is 18.5 Å². The van der Waals surface area contributed by atoms with Crippen LogP contribution in [0.2, 0.25) is 0 Å². The summed E-state index contributed by atoms with van der Waals surface area (Å²) in [6.07, 6.45) is 2.83. The molecule has 1 fully saturated rings. The lowest BCUT2D eigenvalue weighted by atomic mass is 10.1. The number of nitrogens with two attached hydrogens (primary N) is 1. The molecule has 0 aromatic carbocycles. The van der Waals surface area contributed by atoms with Crippen molar-refractivity contribution in [3.05, 3.63) is 0 Å². The van der Waals surface area contributed by atoms with Crippen LogP contribution in [0, 0.1) is 5.92 Å². The molecule has 0 heterocycles. The van der Waals surface area contributed by atoms with Crippen LogP contribution < -0.4 is 11.1 Å². The summed E-state index contributed by atoms with van der Waals surface area (Å²) in [5, 5.41) is 2.81. The molecule has 1 aliphatic carbocycles. The number of hydrogen-bond acceptors (Lipinski definition) is 2. The first-order valence-corrected chi connectivity index (χ1v) is 4.27. The van der Waals surface area contributed by atoms with Crippen molar-refractivity contribution in [1.82, 2.24) is 5.32 Å². The van der Waals surface area contributed by atoms with Crippen molar-refractivity contribution in [2.24, 2.45) is 11.7 Å². The molecule has 1 amide bonds. The standard InChI is InChI=1S/C8H16N2O/c1-2-10-8(11)6-3-4-7(9)5-6/h6-7H,2-5,9H2,1H3,(H,10,11). The van der Waals surface area contributed by atoms with Crippen LogP contribution in [0.5, 0.6) is 0 Å². The predicted octanol–water partition coefficient (Wildman–Crippen LogP) is 0.250. The molecule has 0 radical (unpaired) electrons. The van der Waals surface area contributed by atoms with Crippen molar-refractivity contribution >= 4 is 5.91 Å². The van der Waals surface area contributed by atoms with Gasteiger partial charge >= 0.3 is 0 Å². The second-order valence-corrected chi connectivity index (χ2v) is 3.16. The van der Waals surface area contributed by atoms with E-state index in [1.807, 2.05) is 6.92 Å². The molecule has 11 heavy (non-hydrogen) atoms. The van der Waals surface area contributed by atoms with Gasteiger partial charge in [-0.25, -0.2) is 0 Å². The number of amides is 1. The quantitative estimate of drug-likeness (QED) is 0.602. The van der Waals surface area contributed by atoms with E-state index in [1.54, 1.807) is 0 Å². The van der Waals surface area contributed by atoms with Crippen LogP contribution >= 0.6 is 0 Å². The van der Waals surface area contributed by atoms with E-state index in [0.717, 1.165) is 25.8 Å². The van der Waals surface area contributed by atoms with Gasteiger partial charge in [0.25, 0.3) is 0 Å². The van der Waals surface area contributed by atoms with Crippen molar-refractivity contribution < 1.29 is 4.79 Å². The van der Waals surface area contributed by atoms with E-state index < -0.39 is 0 Å². The second kappa shape index (κ2) is 3.72. The first-order chi connectivity index (χ1) is 5.24. The Bertz CT molecular complexity index is 147. The summed E-state index contributed by atoms with van der Waals surface area (Å²) in [6, 6.07) is 0.252. The summed E-state index contributed by atoms with van der Waals surface area (Å²) in [7, 11) is 0. The molecular formula is C8H16N2O. The van der Waals surface area contributed by atoms with E-state index in [1.165, 1.54) is 0 Å². The highest BCUT2D eigenvalue weighted by Gasteiger charge is 2.26. The third-order valence-corrected chi connectivity index (χ3v) is 2.19. The summed E-state index contributed by atoms with van der Waals surface area (Å²) in [6.45, 7) is 2.66. The zero-order valence-corrected chi connectivity index (χ0v) is 6.97. The summed E-state index contributed by atoms with van der Waals surface area (Å²) >= 11 is 0. The molecular weight excluding hydrogens is 140 g/mol. The summed E-state index contributed by atoms with van der Waals surface area (Å²) in [5.74, 6) is 0.366. The van der Waals surface area contributed by atoms with Crippen LogP contribution in [-0.2, 0) is 4.79 Å². The number of hydrogen-bond donors (Lipinski definition) is 2. The Hall–Kier alpha value is -0.570. The minimum atomic E-state index is 0.181. The van der Waals surface area contributed by atoms with Gasteiger partial charge in [0.05, 0.1) is 0 Å². The fourth-order valence-corrected chi connectivity index (χ4v) is 1.57. The smallest absolute Gasteiger partial charge is 0.223 e. The molecule has 2 atom stereocenters. The highest BCUT2D eigenvalue weighted by molar-refractivity contribution is 5.78. The number of nitrogens with one attached hydrogen (secondary N) is 1. The van der Waals surface area contributed by atoms with Gasteiger partial charge in [-0.1, -0.05) is 0 Å². The summed E-state index contributed by atoms with van der Waals surface area (Å²) in [4.78, 5) is 11.2. The third kappa shape index (κ3) is 2.19. The van der Waals surface area contributed by atoms with E-state index in [4.69, 9.17) is 5.73 Å². The molecule has 0 bridgehead atoms. The Morgan fingerprint density at radius 3 is 2.82 bits per heavy atom. The van der Waals surface area contributed by atoms with Gasteiger partial charge in [0, 0.05) is 18.5 Å². The minimum Gasteiger partial charge on any atom is -0.356 e. The molecule has 0 saturated heterocycles. The average molecular weight is 156 g/mol. The van der Waals surface area contributed by atoms with Crippen LogP contribution in [0.1, 0.15) is 26.2 Å². The predicted molar refractivity (Wildman–Crippen MR) is 44.0 cm³/mol. The summed E-state index contributed by atoms with van der Waals surface area (Å²) < 4.78 is 0. The zero-order valence-electron chi connectivity index (χ0n) is 6.97. The van der Waals surface area contributed by atoms with Crippen molar-refractivity contribution in [2.75, 3.05) is 6.54 Å². The molecule has 0 aromatic rings. The van der Waals surface area contributed by atoms with E-state index >= 15 is 0 Å². The van der Waals surface area contributed by atoms with Crippen molar-refractivity contribution in [3.63, 3.8) is 0 Å². The number of carbonyl (C=O) groups excluding carboxylic acids is 1. The van der Waals surface area contributed by atoms with Crippen LogP contribution in [0.25, 0.3) is 0 Å². The Balaban J connectivity index is 2.31. The molecule has 2 unspecified atom stereocenters. The Labute approximate surface area is 67.3 Å². The lowest BCUT2D eigenvalue weighted by molar-refractivity contribution is -0.124. The van der Waals surface area contributed by atoms with E-state index in [2.05, 4.69) is 5.32 Å². The number of carbonyl (C=O) groups is 1. The fraction of sp³-hybridized carbons (Fsp3) is 0.875. The van der Waals surface area contributed by atoms with Gasteiger partial charge in [-0.3, -0.25) is 4.79 Å². The van der Waals surface area contributed by atoms with Crippen LogP contribution in [0.4, 0.5) is 0 Å². The first-order valence-electron chi connectivity index (χ1n) is 4.27. The molecule has 0 aliphatic heterocycles. The zero-order chi connectivity index (χ0) is 8.27. The second-order valence-electron chi connectivity index (χ2n) is 3.16. The van der Waals surface area contributed by atoms with Gasteiger partial charge in [-0.2, -0.15) is 0 Å². The minimum absolute atomic E-state index is 0.181. The van der Waals surface area contributed by atoms with Gasteiger partial charge in [0.2, 0.25) is 5.91 Å². The van der Waals surface area contributed by atoms with Crippen LogP contribution in [0.15, 0.2) is 0 Å². The molecule has 64 valence electrons. The molecule has 1 rings (SSSR count). The van der Waals surface area contributed by atoms with Crippen molar-refractivity contribution in [3.8, 4) is 0 Å². The maximum Gasteiger partial charge on any atom is 0.223 e. The van der Waals surface area contributed by atoms with E-state index in [9.17, 15) is 4.79 Å². The average Bonchev–Trinajstić information content (AvgIpc) is 2.36. The van der Waals surface area contributed by atoms with Gasteiger partial charge in [0.1, 0.15) is 0 Å². The molecule has 1 saturated carbocycles. The lowest BCUT2D eigenvalue weighted by Crippen LogP contribution is -2.30. The normalized spacial score (nSPS) is 30.4. The van der Waals surface area contributed by atoms with Gasteiger partial charge < -0.3 is 11.1 Å². The van der Waals surface area contributed by atoms with Crippen molar-refractivity contribution in [2.45, 2.75) is 32.2 Å². The van der Waals surface area contributed by atoms with E-state index in [0.29, 0.717) is 0 Å². The van der Waals surface area contributed by atoms with Crippen molar-refractivity contribution in [1.29, 1.82) is 0 Å². The lowest BCUT2D eigenvalue weighted by Gasteiger charge is -2.08. The van der Waals surface area contributed by atoms with Gasteiger partial charge in [-0.05, 0) is 26.2 Å². The highest BCUT2D eigenvalue weighted by atomic mass is 16.1. The van der Waals surface area contributed by atoms with Crippen LogP contribution in [0.3, 0.4) is 0 Å². The largest absolute Gasteiger partial charge is 0.356 e. The SMILES string of the molecule is CCNC(=O)C1CCC(N)C1. The molecule has 0 aromatic heterocycles. The summed E-state index contributed by atoms with van der Waals surface area (Å²) in [5.41, 5.74) is 5.68. The molecule has 3 N–H and O–H groups in total. The Kier molecular flexibility index (Phi) is 2.88. The molecule has 3 heteroatoms. The fourth-order valence-electron chi connectivity index (χ4n) is 1.57. The van der Waals surface area contributed by atoms with Gasteiger partial charge in [0.15, 0.2) is 0 Å². The van der Waals surface area contributed by atoms with E-state index in [-0.39, 0.29) is 17.9 Å². The molecule has 3 nitrogen and oxygen atoms in total. The highest BCUT2D eigenvalue weighted by Crippen LogP contribution is 2.23. The third-order valence-electron chi connectivity index (χ3n) is 2.19. The Morgan fingerprint density at radius 2 is 2.36 bits per heavy atom. The topological polar surface area (TPSA) is 55.1 Å². The maximum absolute atomic E-state index is 11.2. The number of rotatable bonds is 2. The Morgan fingerprint density at radius 1 is 1.64 bits per heavy atom. The van der Waals surface area contributed by atoms with Gasteiger partial charge in [-0.15, -0.1) is 0 Å². The first kappa shape index (κ1) is 8.53. The molecule has 0 spiro atoms. The molecule has 1 aliphatic rings. The maximum atomic E-state index is 11.2. The monoisotopic (exact) mass is 156 g/mol.